The first-order valence-corrected chi connectivity index (χ1v) is 8.65. The molecule has 1 N–H and O–H groups in total. The Morgan fingerprint density at radius 2 is 1.93 bits per heavy atom. The molecule has 0 aliphatic rings. The Kier molecular flexibility index (Phi) is 5.23. The summed E-state index contributed by atoms with van der Waals surface area (Å²) in [5.41, 5.74) is 1.02. The van der Waals surface area contributed by atoms with Crippen LogP contribution in [0.2, 0.25) is 0 Å². The number of carbonyl (C=O) groups excluding carboxylic acids is 1. The quantitative estimate of drug-likeness (QED) is 0.673. The highest BCUT2D eigenvalue weighted by Gasteiger charge is 2.30. The molecule has 0 aliphatic heterocycles. The first-order valence-electron chi connectivity index (χ1n) is 7.77. The van der Waals surface area contributed by atoms with Crippen molar-refractivity contribution < 1.29 is 18.0 Å². The number of nitrogens with one attached hydrogen (secondary N) is 1. The van der Waals surface area contributed by atoms with E-state index < -0.39 is 17.6 Å². The summed E-state index contributed by atoms with van der Waals surface area (Å²) in [5.74, 6) is -0.461. The molecule has 27 heavy (non-hydrogen) atoms. The van der Waals surface area contributed by atoms with Crippen molar-refractivity contribution in [2.24, 2.45) is 0 Å². The number of rotatable bonds is 4. The van der Waals surface area contributed by atoms with Crippen molar-refractivity contribution in [3.05, 3.63) is 70.7 Å². The third kappa shape index (κ3) is 4.51. The molecule has 0 radical (unpaired) electrons. The van der Waals surface area contributed by atoms with Crippen molar-refractivity contribution in [3.8, 4) is 16.6 Å². The predicted octanol–water partition coefficient (Wildman–Crippen LogP) is 5.15. The number of amides is 1. The number of carbonyl (C=O) groups is 1. The van der Waals surface area contributed by atoms with Crippen LogP contribution in [0.4, 0.5) is 18.9 Å². The van der Waals surface area contributed by atoms with Crippen LogP contribution in [0.5, 0.6) is 0 Å². The first-order chi connectivity index (χ1) is 12.9. The van der Waals surface area contributed by atoms with Gasteiger partial charge in [0.15, 0.2) is 0 Å². The van der Waals surface area contributed by atoms with E-state index in [4.69, 9.17) is 5.26 Å². The first kappa shape index (κ1) is 18.6. The van der Waals surface area contributed by atoms with Gasteiger partial charge in [-0.2, -0.15) is 18.4 Å². The highest BCUT2D eigenvalue weighted by molar-refractivity contribution is 7.13. The van der Waals surface area contributed by atoms with Crippen LogP contribution in [0.15, 0.2) is 53.9 Å². The maximum Gasteiger partial charge on any atom is 0.416 e. The minimum Gasteiger partial charge on any atom is -0.321 e. The summed E-state index contributed by atoms with van der Waals surface area (Å²) in [6.07, 6.45) is -4.16. The van der Waals surface area contributed by atoms with Gasteiger partial charge in [-0.1, -0.05) is 24.3 Å². The van der Waals surface area contributed by atoms with E-state index in [9.17, 15) is 18.0 Å². The zero-order valence-electron chi connectivity index (χ0n) is 13.7. The van der Waals surface area contributed by atoms with Crippen molar-refractivity contribution in [2.75, 3.05) is 5.32 Å². The van der Waals surface area contributed by atoms with E-state index in [1.54, 1.807) is 24.3 Å². The van der Waals surface area contributed by atoms with Crippen LogP contribution in [-0.4, -0.2) is 10.9 Å². The Labute approximate surface area is 156 Å². The average molecular weight is 387 g/mol. The molecule has 0 spiro atoms. The second kappa shape index (κ2) is 7.60. The molecular weight excluding hydrogens is 375 g/mol. The van der Waals surface area contributed by atoms with Crippen LogP contribution in [0.3, 0.4) is 0 Å². The number of alkyl halides is 3. The van der Waals surface area contributed by atoms with E-state index in [0.29, 0.717) is 16.3 Å². The summed E-state index contributed by atoms with van der Waals surface area (Å²) in [4.78, 5) is 16.4. The van der Waals surface area contributed by atoms with Gasteiger partial charge in [-0.15, -0.1) is 11.3 Å². The fourth-order valence-corrected chi connectivity index (χ4v) is 3.13. The van der Waals surface area contributed by atoms with Crippen LogP contribution in [0, 0.1) is 11.3 Å². The van der Waals surface area contributed by atoms with Crippen molar-refractivity contribution in [3.63, 3.8) is 0 Å². The number of hydrogen-bond donors (Lipinski definition) is 1. The van der Waals surface area contributed by atoms with E-state index >= 15 is 0 Å². The van der Waals surface area contributed by atoms with Gasteiger partial charge in [0.05, 0.1) is 18.1 Å². The van der Waals surface area contributed by atoms with Crippen LogP contribution in [0.25, 0.3) is 10.6 Å². The lowest BCUT2D eigenvalue weighted by atomic mass is 10.1. The molecule has 136 valence electrons. The molecule has 0 saturated carbocycles. The molecule has 0 atom stereocenters. The van der Waals surface area contributed by atoms with Crippen LogP contribution >= 0.6 is 11.3 Å². The minimum absolute atomic E-state index is 0.119. The standard InChI is InChI=1S/C19H12F3N3OS/c20-19(21,22)14-3-1-2-13(10-14)18-25-16(11-27-18)17(26)24-15-6-4-12(5-7-15)8-9-23/h1-7,10-11H,8H2,(H,24,26). The van der Waals surface area contributed by atoms with Gasteiger partial charge in [0.1, 0.15) is 10.7 Å². The van der Waals surface area contributed by atoms with Crippen molar-refractivity contribution in [1.29, 1.82) is 5.26 Å². The zero-order chi connectivity index (χ0) is 19.4. The summed E-state index contributed by atoms with van der Waals surface area (Å²) >= 11 is 1.09. The summed E-state index contributed by atoms with van der Waals surface area (Å²) in [6.45, 7) is 0. The van der Waals surface area contributed by atoms with E-state index in [2.05, 4.69) is 10.3 Å². The molecule has 0 aliphatic carbocycles. The maximum absolute atomic E-state index is 12.8. The Hall–Kier alpha value is -3.18. The van der Waals surface area contributed by atoms with Crippen molar-refractivity contribution in [1.82, 2.24) is 4.98 Å². The average Bonchev–Trinajstić information content (AvgIpc) is 3.13. The van der Waals surface area contributed by atoms with Gasteiger partial charge in [-0.05, 0) is 29.8 Å². The zero-order valence-corrected chi connectivity index (χ0v) is 14.6. The van der Waals surface area contributed by atoms with Gasteiger partial charge in [0.2, 0.25) is 0 Å². The van der Waals surface area contributed by atoms with Gasteiger partial charge < -0.3 is 5.32 Å². The molecule has 0 fully saturated rings. The second-order valence-electron chi connectivity index (χ2n) is 5.60. The summed E-state index contributed by atoms with van der Waals surface area (Å²) in [5, 5.41) is 13.1. The number of thiazole rings is 1. The monoisotopic (exact) mass is 387 g/mol. The fourth-order valence-electron chi connectivity index (χ4n) is 2.33. The third-order valence-electron chi connectivity index (χ3n) is 3.67. The number of anilines is 1. The van der Waals surface area contributed by atoms with E-state index in [1.165, 1.54) is 17.5 Å². The van der Waals surface area contributed by atoms with E-state index in [1.807, 2.05) is 6.07 Å². The minimum atomic E-state index is -4.44. The molecule has 4 nitrogen and oxygen atoms in total. The molecule has 1 amide bonds. The summed E-state index contributed by atoms with van der Waals surface area (Å²) in [7, 11) is 0. The molecular formula is C19H12F3N3OS. The number of nitrogens with zero attached hydrogens (tertiary/aromatic N) is 2. The molecule has 0 bridgehead atoms. The number of hydrogen-bond acceptors (Lipinski definition) is 4. The fraction of sp³-hybridized carbons (Fsp3) is 0.105. The third-order valence-corrected chi connectivity index (χ3v) is 4.56. The second-order valence-corrected chi connectivity index (χ2v) is 6.46. The van der Waals surface area contributed by atoms with Gasteiger partial charge >= 0.3 is 6.18 Å². The van der Waals surface area contributed by atoms with Gasteiger partial charge in [-0.3, -0.25) is 4.79 Å². The van der Waals surface area contributed by atoms with Gasteiger partial charge in [0, 0.05) is 16.6 Å². The topological polar surface area (TPSA) is 65.8 Å². The Balaban J connectivity index is 1.75. The lowest BCUT2D eigenvalue weighted by Crippen LogP contribution is -2.12. The largest absolute Gasteiger partial charge is 0.416 e. The number of halogens is 3. The van der Waals surface area contributed by atoms with Gasteiger partial charge in [-0.25, -0.2) is 4.98 Å². The van der Waals surface area contributed by atoms with E-state index in [-0.39, 0.29) is 12.1 Å². The van der Waals surface area contributed by atoms with Gasteiger partial charge in [0.25, 0.3) is 5.91 Å². The molecule has 3 rings (SSSR count). The molecule has 0 saturated heterocycles. The van der Waals surface area contributed by atoms with Crippen LogP contribution in [0.1, 0.15) is 21.6 Å². The molecule has 3 aromatic rings. The Morgan fingerprint density at radius 1 is 1.19 bits per heavy atom. The number of benzene rings is 2. The smallest absolute Gasteiger partial charge is 0.321 e. The molecule has 2 aromatic carbocycles. The maximum atomic E-state index is 12.8. The molecule has 0 unspecified atom stereocenters. The molecule has 8 heteroatoms. The normalized spacial score (nSPS) is 11.0. The van der Waals surface area contributed by atoms with Crippen molar-refractivity contribution >= 4 is 22.9 Å². The number of nitriles is 1. The summed E-state index contributed by atoms with van der Waals surface area (Å²) < 4.78 is 38.5. The highest BCUT2D eigenvalue weighted by Crippen LogP contribution is 2.33. The Bertz CT molecular complexity index is 1000. The van der Waals surface area contributed by atoms with E-state index in [0.717, 1.165) is 29.0 Å². The summed E-state index contributed by atoms with van der Waals surface area (Å²) in [6, 6.07) is 13.7. The highest BCUT2D eigenvalue weighted by atomic mass is 32.1. The molecule has 1 aromatic heterocycles. The van der Waals surface area contributed by atoms with Crippen LogP contribution in [-0.2, 0) is 12.6 Å². The lowest BCUT2D eigenvalue weighted by Gasteiger charge is -2.07. The molecule has 1 heterocycles. The SMILES string of the molecule is N#CCc1ccc(NC(=O)c2csc(-c3cccc(C(F)(F)F)c3)n2)cc1. The van der Waals surface area contributed by atoms with Crippen LogP contribution < -0.4 is 5.32 Å². The number of aromatic nitrogens is 1. The predicted molar refractivity (Wildman–Crippen MR) is 96.3 cm³/mol. The Morgan fingerprint density at radius 3 is 2.59 bits per heavy atom. The lowest BCUT2D eigenvalue weighted by molar-refractivity contribution is -0.137. The van der Waals surface area contributed by atoms with Crippen molar-refractivity contribution in [2.45, 2.75) is 12.6 Å².